The highest BCUT2D eigenvalue weighted by Gasteiger charge is 2.11. The van der Waals surface area contributed by atoms with Gasteiger partial charge < -0.3 is 5.11 Å². The zero-order valence-electron chi connectivity index (χ0n) is 14.8. The third-order valence-electron chi connectivity index (χ3n) is 4.36. The third kappa shape index (κ3) is 3.37. The van der Waals surface area contributed by atoms with E-state index in [0.29, 0.717) is 22.4 Å². The van der Waals surface area contributed by atoms with Crippen molar-refractivity contribution in [2.45, 2.75) is 6.92 Å². The van der Waals surface area contributed by atoms with Gasteiger partial charge in [0.15, 0.2) is 0 Å². The molecule has 4 nitrogen and oxygen atoms in total. The van der Waals surface area contributed by atoms with Gasteiger partial charge in [-0.2, -0.15) is 0 Å². The Balaban J connectivity index is 1.95. The number of rotatable bonds is 3. The lowest BCUT2D eigenvalue weighted by atomic mass is 10.1. The van der Waals surface area contributed by atoms with Crippen molar-refractivity contribution in [3.8, 4) is 11.4 Å². The molecule has 1 heterocycles. The van der Waals surface area contributed by atoms with Crippen LogP contribution in [0.5, 0.6) is 5.75 Å². The van der Waals surface area contributed by atoms with E-state index >= 15 is 0 Å². The number of aromatic hydroxyl groups is 1. The smallest absolute Gasteiger partial charge is 0.266 e. The van der Waals surface area contributed by atoms with Gasteiger partial charge in [0, 0.05) is 6.07 Å². The van der Waals surface area contributed by atoms with Gasteiger partial charge in [0.25, 0.3) is 5.56 Å². The first-order valence-corrected chi connectivity index (χ1v) is 8.68. The maximum Gasteiger partial charge on any atom is 0.266 e. The van der Waals surface area contributed by atoms with Crippen LogP contribution in [-0.4, -0.2) is 14.7 Å². The number of phenolic OH excluding ortho intramolecular Hbond substituents is 1. The van der Waals surface area contributed by atoms with Crippen molar-refractivity contribution in [3.63, 3.8) is 0 Å². The molecule has 4 rings (SSSR count). The number of para-hydroxylation sites is 1. The average Bonchev–Trinajstić information content (AvgIpc) is 2.66. The van der Waals surface area contributed by atoms with E-state index in [4.69, 9.17) is 0 Å². The molecule has 1 N–H and O–H groups in total. The molecule has 0 saturated carbocycles. The van der Waals surface area contributed by atoms with Crippen LogP contribution < -0.4 is 5.56 Å². The second kappa shape index (κ2) is 6.92. The Morgan fingerprint density at radius 1 is 0.926 bits per heavy atom. The van der Waals surface area contributed by atoms with E-state index in [0.717, 1.165) is 11.1 Å². The van der Waals surface area contributed by atoms with Crippen molar-refractivity contribution in [2.75, 3.05) is 0 Å². The number of hydrogen-bond acceptors (Lipinski definition) is 3. The van der Waals surface area contributed by atoms with Gasteiger partial charge >= 0.3 is 0 Å². The van der Waals surface area contributed by atoms with E-state index in [2.05, 4.69) is 11.1 Å². The van der Waals surface area contributed by atoms with E-state index in [1.165, 1.54) is 4.57 Å². The molecule has 4 aromatic rings. The molecule has 0 saturated heterocycles. The molecule has 0 fully saturated rings. The summed E-state index contributed by atoms with van der Waals surface area (Å²) in [5, 5.41) is 10.4. The van der Waals surface area contributed by atoms with Crippen molar-refractivity contribution < 1.29 is 5.11 Å². The predicted octanol–water partition coefficient (Wildman–Crippen LogP) is 4.57. The lowest BCUT2D eigenvalue weighted by Crippen LogP contribution is -2.22. The van der Waals surface area contributed by atoms with E-state index in [1.54, 1.807) is 30.3 Å². The van der Waals surface area contributed by atoms with Crippen LogP contribution in [0.25, 0.3) is 28.7 Å². The molecule has 0 spiro atoms. The highest BCUT2D eigenvalue weighted by Crippen LogP contribution is 2.18. The Kier molecular flexibility index (Phi) is 4.30. The Morgan fingerprint density at radius 2 is 1.74 bits per heavy atom. The molecule has 0 atom stereocenters. The topological polar surface area (TPSA) is 55.1 Å². The third-order valence-corrected chi connectivity index (χ3v) is 4.36. The molecule has 3 aromatic carbocycles. The van der Waals surface area contributed by atoms with Crippen molar-refractivity contribution >= 4 is 23.1 Å². The van der Waals surface area contributed by atoms with Crippen LogP contribution >= 0.6 is 0 Å². The van der Waals surface area contributed by atoms with Crippen LogP contribution in [0.15, 0.2) is 77.6 Å². The fraction of sp³-hybridized carbons (Fsp3) is 0.0435. The Labute approximate surface area is 156 Å². The number of phenols is 1. The van der Waals surface area contributed by atoms with Crippen LogP contribution in [0, 0.1) is 6.92 Å². The van der Waals surface area contributed by atoms with Crippen molar-refractivity contribution in [2.24, 2.45) is 0 Å². The van der Waals surface area contributed by atoms with Gasteiger partial charge in [0.05, 0.1) is 16.6 Å². The number of aryl methyl sites for hydroxylation is 1. The summed E-state index contributed by atoms with van der Waals surface area (Å²) in [5.41, 5.74) is 3.23. The highest BCUT2D eigenvalue weighted by atomic mass is 16.3. The lowest BCUT2D eigenvalue weighted by molar-refractivity contribution is 0.475. The molecular weight excluding hydrogens is 336 g/mol. The summed E-state index contributed by atoms with van der Waals surface area (Å²) in [7, 11) is 0. The van der Waals surface area contributed by atoms with E-state index in [9.17, 15) is 9.90 Å². The van der Waals surface area contributed by atoms with Gasteiger partial charge in [-0.3, -0.25) is 9.36 Å². The van der Waals surface area contributed by atoms with Gasteiger partial charge in [-0.15, -0.1) is 0 Å². The molecule has 0 amide bonds. The van der Waals surface area contributed by atoms with Crippen molar-refractivity contribution in [1.29, 1.82) is 0 Å². The summed E-state index contributed by atoms with van der Waals surface area (Å²) >= 11 is 0. The summed E-state index contributed by atoms with van der Waals surface area (Å²) < 4.78 is 1.52. The number of fused-ring (bicyclic) bond motifs is 1. The zero-order chi connectivity index (χ0) is 18.8. The number of hydrogen-bond donors (Lipinski definition) is 1. The zero-order valence-corrected chi connectivity index (χ0v) is 14.8. The van der Waals surface area contributed by atoms with Gasteiger partial charge in [0.1, 0.15) is 11.6 Å². The minimum absolute atomic E-state index is 0.0983. The van der Waals surface area contributed by atoms with E-state index < -0.39 is 0 Å². The van der Waals surface area contributed by atoms with Gasteiger partial charge in [-0.25, -0.2) is 4.98 Å². The second-order valence-electron chi connectivity index (χ2n) is 6.40. The fourth-order valence-electron chi connectivity index (χ4n) is 3.09. The lowest BCUT2D eigenvalue weighted by Gasteiger charge is -2.11. The van der Waals surface area contributed by atoms with E-state index in [1.807, 2.05) is 55.5 Å². The molecule has 0 aliphatic heterocycles. The normalized spacial score (nSPS) is 11.3. The Hall–Kier alpha value is -3.66. The summed E-state index contributed by atoms with van der Waals surface area (Å²) in [6.45, 7) is 2.04. The van der Waals surface area contributed by atoms with E-state index in [-0.39, 0.29) is 11.3 Å². The molecule has 1 aromatic heterocycles. The van der Waals surface area contributed by atoms with Crippen LogP contribution in [0.3, 0.4) is 0 Å². The maximum atomic E-state index is 13.1. The molecule has 0 aliphatic rings. The molecule has 0 unspecified atom stereocenters. The molecule has 132 valence electrons. The SMILES string of the molecule is Cc1cccc(/C=C\c2nc3ccccc3c(=O)n2-c2cccc(O)c2)c1. The second-order valence-corrected chi connectivity index (χ2v) is 6.40. The minimum Gasteiger partial charge on any atom is -0.508 e. The van der Waals surface area contributed by atoms with Gasteiger partial charge in [0.2, 0.25) is 0 Å². The standard InChI is InChI=1S/C23H18N2O2/c1-16-6-4-7-17(14-16)12-13-22-24-21-11-3-2-10-20(21)23(27)25(22)18-8-5-9-19(26)15-18/h2-15,26H,1H3/b13-12-. The molecule has 4 heteroatoms. The minimum atomic E-state index is -0.171. The summed E-state index contributed by atoms with van der Waals surface area (Å²) in [4.78, 5) is 17.8. The van der Waals surface area contributed by atoms with Gasteiger partial charge in [-0.1, -0.05) is 54.1 Å². The summed E-state index contributed by atoms with van der Waals surface area (Å²) in [6, 6.07) is 22.0. The average molecular weight is 354 g/mol. The number of aromatic nitrogens is 2. The van der Waals surface area contributed by atoms with Crippen molar-refractivity contribution in [1.82, 2.24) is 9.55 Å². The highest BCUT2D eigenvalue weighted by molar-refractivity contribution is 5.80. The van der Waals surface area contributed by atoms with Gasteiger partial charge in [-0.05, 0) is 42.8 Å². The molecular formula is C23H18N2O2. The number of nitrogens with zero attached hydrogens (tertiary/aromatic N) is 2. The molecule has 0 radical (unpaired) electrons. The molecule has 0 aliphatic carbocycles. The molecule has 0 bridgehead atoms. The van der Waals surface area contributed by atoms with Crippen LogP contribution in [0.2, 0.25) is 0 Å². The Morgan fingerprint density at radius 3 is 2.56 bits per heavy atom. The van der Waals surface area contributed by atoms with Crippen LogP contribution in [0.4, 0.5) is 0 Å². The first kappa shape index (κ1) is 16.8. The summed E-state index contributed by atoms with van der Waals surface area (Å²) in [5.74, 6) is 0.604. The van der Waals surface area contributed by atoms with Crippen LogP contribution in [-0.2, 0) is 0 Å². The fourth-order valence-corrected chi connectivity index (χ4v) is 3.09. The first-order chi connectivity index (χ1) is 13.1. The first-order valence-electron chi connectivity index (χ1n) is 8.68. The number of benzene rings is 3. The van der Waals surface area contributed by atoms with Crippen molar-refractivity contribution in [3.05, 3.63) is 100 Å². The Bertz CT molecular complexity index is 1220. The van der Waals surface area contributed by atoms with Crippen LogP contribution in [0.1, 0.15) is 17.0 Å². The maximum absolute atomic E-state index is 13.1. The quantitative estimate of drug-likeness (QED) is 0.586. The molecule has 27 heavy (non-hydrogen) atoms. The monoisotopic (exact) mass is 354 g/mol. The summed E-state index contributed by atoms with van der Waals surface area (Å²) in [6.07, 6.45) is 3.76. The largest absolute Gasteiger partial charge is 0.508 e. The predicted molar refractivity (Wildman–Crippen MR) is 109 cm³/mol.